The Balaban J connectivity index is 2.46. The van der Waals surface area contributed by atoms with Crippen LogP contribution < -0.4 is 5.32 Å². The van der Waals surface area contributed by atoms with Crippen LogP contribution in [0.4, 0.5) is 0 Å². The summed E-state index contributed by atoms with van der Waals surface area (Å²) in [5.41, 5.74) is 0. The average molecular weight is 398 g/mol. The number of halogens is 1. The molecule has 0 aliphatic carbocycles. The number of nitrogens with zero attached hydrogens (tertiary/aromatic N) is 2. The predicted molar refractivity (Wildman–Crippen MR) is 92.8 cm³/mol. The Morgan fingerprint density at radius 1 is 1.29 bits per heavy atom. The Bertz CT molecular complexity index is 519. The molecule has 1 N–H and O–H groups in total. The van der Waals surface area contributed by atoms with E-state index in [-0.39, 0.29) is 0 Å². The molecule has 0 bridgehead atoms. The molecular weight excluding hydrogens is 374 g/mol. The van der Waals surface area contributed by atoms with Gasteiger partial charge in [-0.1, -0.05) is 6.92 Å². The number of hydrogen-bond acceptors (Lipinski definition) is 4. The van der Waals surface area contributed by atoms with Crippen molar-refractivity contribution in [3.05, 3.63) is 20.8 Å². The molecule has 5 nitrogen and oxygen atoms in total. The highest BCUT2D eigenvalue weighted by atomic mass is 79.9. The third-order valence-electron chi connectivity index (χ3n) is 3.04. The first-order chi connectivity index (χ1) is 9.87. The van der Waals surface area contributed by atoms with Crippen LogP contribution in [0.25, 0.3) is 0 Å². The Morgan fingerprint density at radius 3 is 2.57 bits per heavy atom. The van der Waals surface area contributed by atoms with Gasteiger partial charge in [0.15, 0.2) is 0 Å². The van der Waals surface area contributed by atoms with Crippen molar-refractivity contribution in [2.24, 2.45) is 0 Å². The fraction of sp³-hybridized carbons (Fsp3) is 0.692. The van der Waals surface area contributed by atoms with Gasteiger partial charge in [0.25, 0.3) is 10.2 Å². The first-order valence-electron chi connectivity index (χ1n) is 6.99. The average Bonchev–Trinajstić information content (AvgIpc) is 2.83. The van der Waals surface area contributed by atoms with E-state index < -0.39 is 10.2 Å². The topological polar surface area (TPSA) is 52.7 Å². The summed E-state index contributed by atoms with van der Waals surface area (Å²) in [4.78, 5) is 1.02. The lowest BCUT2D eigenvalue weighted by molar-refractivity contribution is 0.385. The van der Waals surface area contributed by atoms with E-state index in [1.165, 1.54) is 8.61 Å². The molecule has 1 aromatic heterocycles. The van der Waals surface area contributed by atoms with Gasteiger partial charge in [-0.15, -0.1) is 11.3 Å². The molecule has 0 radical (unpaired) electrons. The molecule has 0 aliphatic heterocycles. The summed E-state index contributed by atoms with van der Waals surface area (Å²) in [6.07, 6.45) is 1.90. The number of rotatable bonds is 10. The van der Waals surface area contributed by atoms with Crippen LogP contribution in [0.15, 0.2) is 15.9 Å². The molecule has 0 aromatic carbocycles. The van der Waals surface area contributed by atoms with Gasteiger partial charge in [-0.05, 0) is 47.9 Å². The highest BCUT2D eigenvalue weighted by Crippen LogP contribution is 2.22. The molecule has 1 heterocycles. The number of hydrogen-bond donors (Lipinski definition) is 1. The molecule has 21 heavy (non-hydrogen) atoms. The van der Waals surface area contributed by atoms with E-state index in [2.05, 4.69) is 28.2 Å². The second-order valence-corrected chi connectivity index (χ2v) is 8.97. The van der Waals surface area contributed by atoms with E-state index >= 15 is 0 Å². The fourth-order valence-corrected chi connectivity index (χ4v) is 4.54. The second kappa shape index (κ2) is 9.22. The van der Waals surface area contributed by atoms with Crippen LogP contribution in [0.3, 0.4) is 0 Å². The zero-order valence-electron chi connectivity index (χ0n) is 12.8. The maximum absolute atomic E-state index is 12.4. The highest BCUT2D eigenvalue weighted by Gasteiger charge is 2.23. The van der Waals surface area contributed by atoms with Crippen LogP contribution >= 0.6 is 27.3 Å². The minimum absolute atomic E-state index is 0.400. The molecule has 0 amide bonds. The third kappa shape index (κ3) is 6.33. The molecule has 0 fully saturated rings. The lowest BCUT2D eigenvalue weighted by atomic mass is 10.4. The van der Waals surface area contributed by atoms with Crippen molar-refractivity contribution in [1.29, 1.82) is 0 Å². The summed E-state index contributed by atoms with van der Waals surface area (Å²) in [5.74, 6) is 0. The third-order valence-corrected chi connectivity index (χ3v) is 6.61. The van der Waals surface area contributed by atoms with E-state index in [0.717, 1.165) is 35.3 Å². The second-order valence-electron chi connectivity index (χ2n) is 4.92. The lowest BCUT2D eigenvalue weighted by Gasteiger charge is -2.24. The van der Waals surface area contributed by atoms with E-state index in [1.807, 2.05) is 11.4 Å². The molecule has 0 spiro atoms. The monoisotopic (exact) mass is 397 g/mol. The van der Waals surface area contributed by atoms with Gasteiger partial charge in [0.2, 0.25) is 0 Å². The van der Waals surface area contributed by atoms with Crippen molar-refractivity contribution in [3.8, 4) is 0 Å². The van der Waals surface area contributed by atoms with Gasteiger partial charge >= 0.3 is 0 Å². The van der Waals surface area contributed by atoms with Crippen molar-refractivity contribution in [1.82, 2.24) is 13.9 Å². The van der Waals surface area contributed by atoms with E-state index in [0.29, 0.717) is 13.1 Å². The quantitative estimate of drug-likeness (QED) is 0.617. The Hall–Kier alpha value is 0.01000. The number of nitrogens with one attached hydrogen (secondary N) is 1. The van der Waals surface area contributed by atoms with Gasteiger partial charge in [0, 0.05) is 41.9 Å². The van der Waals surface area contributed by atoms with Crippen LogP contribution in [-0.4, -0.2) is 50.8 Å². The van der Waals surface area contributed by atoms with Crippen molar-refractivity contribution in [2.75, 3.05) is 33.7 Å². The van der Waals surface area contributed by atoms with Crippen LogP contribution in [0.2, 0.25) is 0 Å². The smallest absolute Gasteiger partial charge is 0.281 e. The molecule has 0 atom stereocenters. The normalized spacial score (nSPS) is 12.5. The van der Waals surface area contributed by atoms with Crippen molar-refractivity contribution < 1.29 is 8.42 Å². The van der Waals surface area contributed by atoms with Crippen LogP contribution in [0.1, 0.15) is 24.6 Å². The zero-order valence-corrected chi connectivity index (χ0v) is 16.0. The SMILES string of the molecule is CCCNCCCN(C)S(=O)(=O)N(C)Cc1cc(Br)cs1. The van der Waals surface area contributed by atoms with Crippen LogP contribution in [0, 0.1) is 0 Å². The first-order valence-corrected chi connectivity index (χ1v) is 10.1. The Kier molecular flexibility index (Phi) is 8.36. The van der Waals surface area contributed by atoms with Crippen LogP contribution in [-0.2, 0) is 16.8 Å². The molecule has 0 aliphatic rings. The Labute approximate surface area is 140 Å². The molecule has 0 saturated heterocycles. The van der Waals surface area contributed by atoms with E-state index in [4.69, 9.17) is 0 Å². The van der Waals surface area contributed by atoms with Crippen molar-refractivity contribution >= 4 is 37.5 Å². The molecule has 1 rings (SSSR count). The van der Waals surface area contributed by atoms with Gasteiger partial charge in [0.1, 0.15) is 0 Å². The Morgan fingerprint density at radius 2 is 2.00 bits per heavy atom. The standard InChI is InChI=1S/C13H24BrN3O2S2/c1-4-6-15-7-5-8-16(2)21(18,19)17(3)10-13-9-12(14)11-20-13/h9,11,15H,4-8,10H2,1-3H3. The fourth-order valence-electron chi connectivity index (χ4n) is 1.82. The molecular formula is C13H24BrN3O2S2. The van der Waals surface area contributed by atoms with Gasteiger partial charge in [-0.25, -0.2) is 0 Å². The molecule has 122 valence electrons. The number of thiophene rings is 1. The first kappa shape index (κ1) is 19.1. The van der Waals surface area contributed by atoms with Crippen LogP contribution in [0.5, 0.6) is 0 Å². The summed E-state index contributed by atoms with van der Waals surface area (Å²) >= 11 is 4.93. The maximum Gasteiger partial charge on any atom is 0.281 e. The predicted octanol–water partition coefficient (Wildman–Crippen LogP) is 2.51. The minimum atomic E-state index is -3.39. The van der Waals surface area contributed by atoms with Crippen molar-refractivity contribution in [3.63, 3.8) is 0 Å². The summed E-state index contributed by atoms with van der Waals surface area (Å²) in [6, 6.07) is 1.95. The highest BCUT2D eigenvalue weighted by molar-refractivity contribution is 9.10. The van der Waals surface area contributed by atoms with E-state index in [1.54, 1.807) is 25.4 Å². The van der Waals surface area contributed by atoms with Gasteiger partial charge in [0.05, 0.1) is 0 Å². The lowest BCUT2D eigenvalue weighted by Crippen LogP contribution is -2.40. The van der Waals surface area contributed by atoms with Gasteiger partial charge < -0.3 is 5.32 Å². The minimum Gasteiger partial charge on any atom is -0.317 e. The molecule has 0 unspecified atom stereocenters. The summed E-state index contributed by atoms with van der Waals surface area (Å²) in [7, 11) is -0.136. The largest absolute Gasteiger partial charge is 0.317 e. The molecule has 1 aromatic rings. The van der Waals surface area contributed by atoms with Crippen molar-refractivity contribution in [2.45, 2.75) is 26.3 Å². The summed E-state index contributed by atoms with van der Waals surface area (Å²) in [6.45, 7) is 4.86. The molecule has 0 saturated carbocycles. The summed E-state index contributed by atoms with van der Waals surface area (Å²) in [5, 5.41) is 5.23. The zero-order chi connectivity index (χ0) is 15.9. The van der Waals surface area contributed by atoms with Gasteiger partial charge in [-0.3, -0.25) is 0 Å². The molecule has 8 heteroatoms. The summed E-state index contributed by atoms with van der Waals surface area (Å²) < 4.78 is 28.6. The maximum atomic E-state index is 12.4. The van der Waals surface area contributed by atoms with E-state index in [9.17, 15) is 8.42 Å². The van der Waals surface area contributed by atoms with Gasteiger partial charge in [-0.2, -0.15) is 17.0 Å².